The van der Waals surface area contributed by atoms with Gasteiger partial charge in [0.2, 0.25) is 0 Å². The average Bonchev–Trinajstić information content (AvgIpc) is 2.75. The second-order valence-corrected chi connectivity index (χ2v) is 6.09. The van der Waals surface area contributed by atoms with Crippen LogP contribution in [0, 0.1) is 5.92 Å². The first kappa shape index (κ1) is 21.0. The average molecular weight is 370 g/mol. The van der Waals surface area contributed by atoms with Crippen molar-refractivity contribution in [2.75, 3.05) is 13.1 Å². The van der Waals surface area contributed by atoms with E-state index in [1.54, 1.807) is 13.8 Å². The van der Waals surface area contributed by atoms with Gasteiger partial charge in [-0.25, -0.2) is 4.79 Å². The summed E-state index contributed by atoms with van der Waals surface area (Å²) in [5, 5.41) is 0. The monoisotopic (exact) mass is 369 g/mol. The van der Waals surface area contributed by atoms with Crippen molar-refractivity contribution in [3.05, 3.63) is 35.9 Å². The van der Waals surface area contributed by atoms with Crippen molar-refractivity contribution in [1.82, 2.24) is 4.90 Å². The Morgan fingerprint density at radius 1 is 1.24 bits per heavy atom. The van der Waals surface area contributed by atoms with E-state index in [0.717, 1.165) is 5.56 Å². The summed E-state index contributed by atoms with van der Waals surface area (Å²) < 4.78 is 10.4. The third-order valence-corrected chi connectivity index (χ3v) is 3.74. The highest BCUT2D eigenvalue weighted by Gasteiger charge is 2.34. The van der Waals surface area contributed by atoms with Crippen LogP contribution in [0.4, 0.5) is 4.79 Å². The molecule has 1 aliphatic heterocycles. The number of Topliss-reactive ketones (excluding diaryl/α,β-unsaturated/α-hetero) is 1. The van der Waals surface area contributed by atoms with E-state index < -0.39 is 18.0 Å². The Balaban J connectivity index is 0.00000312. The number of benzene rings is 1. The van der Waals surface area contributed by atoms with Gasteiger partial charge in [0.1, 0.15) is 18.3 Å². The van der Waals surface area contributed by atoms with E-state index >= 15 is 0 Å². The molecule has 0 saturated carbocycles. The predicted molar refractivity (Wildman–Crippen MR) is 94.4 cm³/mol. The Morgan fingerprint density at radius 3 is 2.56 bits per heavy atom. The lowest BCUT2D eigenvalue weighted by Crippen LogP contribution is -2.40. The van der Waals surface area contributed by atoms with Crippen LogP contribution in [0.1, 0.15) is 32.3 Å². The van der Waals surface area contributed by atoms with Crippen molar-refractivity contribution in [3.8, 4) is 0 Å². The number of likely N-dealkylation sites (tertiary alicyclic amines) is 1. The van der Waals surface area contributed by atoms with Crippen molar-refractivity contribution in [3.63, 3.8) is 0 Å². The van der Waals surface area contributed by atoms with Gasteiger partial charge in [0.05, 0.1) is 6.10 Å². The third kappa shape index (κ3) is 6.38. The maximum atomic E-state index is 12.3. The van der Waals surface area contributed by atoms with Crippen molar-refractivity contribution >= 4 is 30.3 Å². The Morgan fingerprint density at radius 2 is 1.92 bits per heavy atom. The second kappa shape index (κ2) is 10.0. The molecule has 1 saturated heterocycles. The predicted octanol–water partition coefficient (Wildman–Crippen LogP) is 2.98. The van der Waals surface area contributed by atoms with E-state index in [-0.39, 0.29) is 43.9 Å². The SMILES string of the molecule is CC(C)OC(=O)C1CN(C(=O)OCc2ccccc2)CCCC1=O.Cl. The number of amides is 1. The fourth-order valence-electron chi connectivity index (χ4n) is 2.53. The Hall–Kier alpha value is -2.08. The number of nitrogens with zero attached hydrogens (tertiary/aromatic N) is 1. The zero-order valence-electron chi connectivity index (χ0n) is 14.5. The topological polar surface area (TPSA) is 72.9 Å². The zero-order valence-corrected chi connectivity index (χ0v) is 15.3. The molecule has 1 aromatic rings. The van der Waals surface area contributed by atoms with Gasteiger partial charge in [-0.15, -0.1) is 12.4 Å². The summed E-state index contributed by atoms with van der Waals surface area (Å²) in [5.74, 6) is -1.68. The first-order valence-electron chi connectivity index (χ1n) is 8.16. The maximum absolute atomic E-state index is 12.3. The standard InChI is InChI=1S/C18H23NO5.ClH/c1-13(2)24-17(21)15-11-19(10-6-9-16(15)20)18(22)23-12-14-7-4-3-5-8-14;/h3-5,7-8,13,15H,6,9-12H2,1-2H3;1H. The number of hydrogen-bond donors (Lipinski definition) is 0. The second-order valence-electron chi connectivity index (χ2n) is 6.09. The number of hydrogen-bond acceptors (Lipinski definition) is 5. The zero-order chi connectivity index (χ0) is 17.5. The molecule has 138 valence electrons. The summed E-state index contributed by atoms with van der Waals surface area (Å²) in [6.07, 6.45) is -0.0339. The van der Waals surface area contributed by atoms with Gasteiger partial charge < -0.3 is 14.4 Å². The van der Waals surface area contributed by atoms with E-state index in [0.29, 0.717) is 13.0 Å². The van der Waals surface area contributed by atoms with Crippen molar-refractivity contribution in [2.24, 2.45) is 5.92 Å². The molecule has 1 atom stereocenters. The molecule has 0 spiro atoms. The van der Waals surface area contributed by atoms with Gasteiger partial charge in [0.15, 0.2) is 0 Å². The Kier molecular flexibility index (Phi) is 8.41. The van der Waals surface area contributed by atoms with E-state index in [1.807, 2.05) is 30.3 Å². The molecule has 25 heavy (non-hydrogen) atoms. The van der Waals surface area contributed by atoms with Gasteiger partial charge in [-0.3, -0.25) is 9.59 Å². The van der Waals surface area contributed by atoms with Gasteiger partial charge >= 0.3 is 12.1 Å². The smallest absolute Gasteiger partial charge is 0.410 e. The molecule has 1 amide bonds. The molecular weight excluding hydrogens is 346 g/mol. The number of halogens is 1. The normalized spacial score (nSPS) is 17.5. The number of ketones is 1. The van der Waals surface area contributed by atoms with Crippen LogP contribution in [0.25, 0.3) is 0 Å². The lowest BCUT2D eigenvalue weighted by molar-refractivity contribution is -0.155. The maximum Gasteiger partial charge on any atom is 0.410 e. The highest BCUT2D eigenvalue weighted by molar-refractivity contribution is 5.99. The molecule has 1 fully saturated rings. The summed E-state index contributed by atoms with van der Waals surface area (Å²) in [4.78, 5) is 37.9. The van der Waals surface area contributed by atoms with Crippen LogP contribution in [0.3, 0.4) is 0 Å². The number of carbonyl (C=O) groups excluding carboxylic acids is 3. The lowest BCUT2D eigenvalue weighted by Gasteiger charge is -2.23. The summed E-state index contributed by atoms with van der Waals surface area (Å²) in [5.41, 5.74) is 0.882. The Bertz CT molecular complexity index is 590. The summed E-state index contributed by atoms with van der Waals surface area (Å²) in [7, 11) is 0. The minimum Gasteiger partial charge on any atom is -0.462 e. The summed E-state index contributed by atoms with van der Waals surface area (Å²) in [6, 6.07) is 9.35. The van der Waals surface area contributed by atoms with Crippen LogP contribution >= 0.6 is 12.4 Å². The Labute approximate surface area is 153 Å². The summed E-state index contributed by atoms with van der Waals surface area (Å²) >= 11 is 0. The fraction of sp³-hybridized carbons (Fsp3) is 0.500. The highest BCUT2D eigenvalue weighted by Crippen LogP contribution is 2.17. The van der Waals surface area contributed by atoms with Gasteiger partial charge in [-0.05, 0) is 25.8 Å². The third-order valence-electron chi connectivity index (χ3n) is 3.74. The number of esters is 1. The quantitative estimate of drug-likeness (QED) is 0.602. The van der Waals surface area contributed by atoms with Crippen molar-refractivity contribution in [2.45, 2.75) is 39.4 Å². The molecule has 0 bridgehead atoms. The molecular formula is C18H24ClNO5. The van der Waals surface area contributed by atoms with Crippen LogP contribution < -0.4 is 0 Å². The number of ether oxygens (including phenoxy) is 2. The van der Waals surface area contributed by atoms with Crippen LogP contribution in [0.15, 0.2) is 30.3 Å². The van der Waals surface area contributed by atoms with Gasteiger partial charge in [-0.2, -0.15) is 0 Å². The molecule has 1 aromatic carbocycles. The summed E-state index contributed by atoms with van der Waals surface area (Å²) in [6.45, 7) is 4.02. The minimum atomic E-state index is -0.931. The molecule has 2 rings (SSSR count). The highest BCUT2D eigenvalue weighted by atomic mass is 35.5. The van der Waals surface area contributed by atoms with Crippen molar-refractivity contribution in [1.29, 1.82) is 0 Å². The van der Waals surface area contributed by atoms with Gasteiger partial charge in [-0.1, -0.05) is 30.3 Å². The molecule has 0 radical (unpaired) electrons. The molecule has 1 unspecified atom stereocenters. The van der Waals surface area contributed by atoms with Gasteiger partial charge in [0.25, 0.3) is 0 Å². The largest absolute Gasteiger partial charge is 0.462 e. The molecule has 6 nitrogen and oxygen atoms in total. The van der Waals surface area contributed by atoms with Crippen LogP contribution in [-0.2, 0) is 25.7 Å². The molecule has 7 heteroatoms. The van der Waals surface area contributed by atoms with E-state index in [9.17, 15) is 14.4 Å². The minimum absolute atomic E-state index is 0. The van der Waals surface area contributed by atoms with Crippen LogP contribution in [0.5, 0.6) is 0 Å². The lowest BCUT2D eigenvalue weighted by atomic mass is 10.0. The molecule has 0 aromatic heterocycles. The van der Waals surface area contributed by atoms with Crippen LogP contribution in [0.2, 0.25) is 0 Å². The van der Waals surface area contributed by atoms with E-state index in [1.165, 1.54) is 4.90 Å². The molecule has 1 aliphatic rings. The first-order chi connectivity index (χ1) is 11.5. The van der Waals surface area contributed by atoms with E-state index in [4.69, 9.17) is 9.47 Å². The number of rotatable bonds is 4. The number of carbonyl (C=O) groups is 3. The van der Waals surface area contributed by atoms with E-state index in [2.05, 4.69) is 0 Å². The van der Waals surface area contributed by atoms with Crippen LogP contribution in [-0.4, -0.2) is 41.9 Å². The van der Waals surface area contributed by atoms with Gasteiger partial charge in [0, 0.05) is 19.5 Å². The fourth-order valence-corrected chi connectivity index (χ4v) is 2.53. The first-order valence-corrected chi connectivity index (χ1v) is 8.16. The molecule has 0 N–H and O–H groups in total. The van der Waals surface area contributed by atoms with Crippen molar-refractivity contribution < 1.29 is 23.9 Å². The molecule has 1 heterocycles. The molecule has 0 aliphatic carbocycles.